The van der Waals surface area contributed by atoms with Crippen molar-refractivity contribution in [1.82, 2.24) is 14.9 Å². The van der Waals surface area contributed by atoms with Gasteiger partial charge in [-0.05, 0) is 35.7 Å². The first-order chi connectivity index (χ1) is 12.5. The number of carbonyl (C=O) groups excluding carboxylic acids is 2. The van der Waals surface area contributed by atoms with Crippen molar-refractivity contribution in [2.24, 2.45) is 0 Å². The largest absolute Gasteiger partial charge is 0.427 e. The van der Waals surface area contributed by atoms with Gasteiger partial charge in [-0.2, -0.15) is 0 Å². The molecule has 1 amide bonds. The Hall–Kier alpha value is -3.20. The van der Waals surface area contributed by atoms with Crippen LogP contribution in [0.5, 0.6) is 5.75 Å². The van der Waals surface area contributed by atoms with E-state index in [1.807, 2.05) is 0 Å². The molecule has 3 aromatic rings. The van der Waals surface area contributed by atoms with Crippen molar-refractivity contribution in [3.05, 3.63) is 62.1 Å². The number of nitrogens with zero attached hydrogens (tertiary/aromatic N) is 1. The molecular weight excluding hydrogens is 358 g/mol. The maximum absolute atomic E-state index is 12.3. The minimum atomic E-state index is -0.513. The maximum Gasteiger partial charge on any atom is 0.328 e. The van der Waals surface area contributed by atoms with Gasteiger partial charge >= 0.3 is 11.7 Å². The van der Waals surface area contributed by atoms with E-state index < -0.39 is 11.7 Å². The van der Waals surface area contributed by atoms with E-state index >= 15 is 0 Å². The standard InChI is InChI=1S/C17H15N3O5S/c1-10(21)25-12-4-2-11(3-5-12)15(22)18-7-8-20-16(23)14-13(6-9-26-14)19-17(20)24/h2-6,9H,7-8H2,1H3,(H,18,22)(H,19,24). The molecule has 2 N–H and O–H groups in total. The predicted octanol–water partition coefficient (Wildman–Crippen LogP) is 1.11. The third kappa shape index (κ3) is 3.72. The monoisotopic (exact) mass is 373 g/mol. The van der Waals surface area contributed by atoms with Crippen molar-refractivity contribution in [3.63, 3.8) is 0 Å². The highest BCUT2D eigenvalue weighted by molar-refractivity contribution is 7.17. The second-order valence-electron chi connectivity index (χ2n) is 5.42. The van der Waals surface area contributed by atoms with Crippen LogP contribution in [-0.2, 0) is 11.3 Å². The number of aromatic amines is 1. The number of carbonyl (C=O) groups is 2. The molecule has 1 aromatic carbocycles. The second kappa shape index (κ2) is 7.36. The fourth-order valence-corrected chi connectivity index (χ4v) is 3.19. The zero-order valence-corrected chi connectivity index (χ0v) is 14.6. The van der Waals surface area contributed by atoms with E-state index in [4.69, 9.17) is 4.74 Å². The SMILES string of the molecule is CC(=O)Oc1ccc(C(=O)NCCn2c(=O)[nH]c3ccsc3c2=O)cc1. The number of aromatic nitrogens is 2. The number of ether oxygens (including phenoxy) is 1. The fourth-order valence-electron chi connectivity index (χ4n) is 2.40. The van der Waals surface area contributed by atoms with E-state index in [0.29, 0.717) is 21.5 Å². The molecule has 0 saturated carbocycles. The molecule has 2 heterocycles. The van der Waals surface area contributed by atoms with Gasteiger partial charge in [0.05, 0.1) is 5.52 Å². The Morgan fingerprint density at radius 2 is 1.92 bits per heavy atom. The molecule has 0 spiro atoms. The molecule has 0 bridgehead atoms. The predicted molar refractivity (Wildman–Crippen MR) is 96.8 cm³/mol. The zero-order valence-electron chi connectivity index (χ0n) is 13.8. The lowest BCUT2D eigenvalue weighted by Crippen LogP contribution is -2.38. The molecule has 0 atom stereocenters. The van der Waals surface area contributed by atoms with Crippen LogP contribution in [0.3, 0.4) is 0 Å². The van der Waals surface area contributed by atoms with E-state index in [-0.39, 0.29) is 24.6 Å². The molecule has 8 nitrogen and oxygen atoms in total. The summed E-state index contributed by atoms with van der Waals surface area (Å²) in [4.78, 5) is 49.9. The van der Waals surface area contributed by atoms with Gasteiger partial charge < -0.3 is 15.0 Å². The average molecular weight is 373 g/mol. The molecular formula is C17H15N3O5S. The molecule has 0 fully saturated rings. The van der Waals surface area contributed by atoms with Crippen LogP contribution in [0, 0.1) is 0 Å². The minimum Gasteiger partial charge on any atom is -0.427 e. The normalized spacial score (nSPS) is 10.7. The van der Waals surface area contributed by atoms with Gasteiger partial charge in [0.25, 0.3) is 11.5 Å². The van der Waals surface area contributed by atoms with Crippen LogP contribution >= 0.6 is 11.3 Å². The van der Waals surface area contributed by atoms with Crippen LogP contribution in [-0.4, -0.2) is 28.0 Å². The van der Waals surface area contributed by atoms with Gasteiger partial charge in [-0.1, -0.05) is 0 Å². The number of amides is 1. The highest BCUT2D eigenvalue weighted by Gasteiger charge is 2.10. The van der Waals surface area contributed by atoms with Gasteiger partial charge in [0, 0.05) is 25.6 Å². The van der Waals surface area contributed by atoms with Crippen LogP contribution in [0.1, 0.15) is 17.3 Å². The van der Waals surface area contributed by atoms with Gasteiger partial charge in [0.2, 0.25) is 0 Å². The van der Waals surface area contributed by atoms with Crippen LogP contribution in [0.4, 0.5) is 0 Å². The van der Waals surface area contributed by atoms with Crippen LogP contribution < -0.4 is 21.3 Å². The van der Waals surface area contributed by atoms with E-state index in [1.54, 1.807) is 11.4 Å². The Morgan fingerprint density at radius 3 is 2.62 bits per heavy atom. The maximum atomic E-state index is 12.3. The third-order valence-electron chi connectivity index (χ3n) is 3.59. The quantitative estimate of drug-likeness (QED) is 0.514. The number of H-pyrrole nitrogens is 1. The summed E-state index contributed by atoms with van der Waals surface area (Å²) < 4.78 is 6.42. The lowest BCUT2D eigenvalue weighted by molar-refractivity contribution is -0.131. The van der Waals surface area contributed by atoms with Crippen LogP contribution in [0.15, 0.2) is 45.3 Å². The zero-order chi connectivity index (χ0) is 18.7. The molecule has 0 aliphatic heterocycles. The summed E-state index contributed by atoms with van der Waals surface area (Å²) in [6.07, 6.45) is 0. The van der Waals surface area contributed by atoms with E-state index in [0.717, 1.165) is 4.57 Å². The molecule has 0 aliphatic rings. The molecule has 0 unspecified atom stereocenters. The molecule has 2 aromatic heterocycles. The lowest BCUT2D eigenvalue weighted by Gasteiger charge is -2.08. The van der Waals surface area contributed by atoms with Gasteiger partial charge in [0.15, 0.2) is 0 Å². The topological polar surface area (TPSA) is 110 Å². The number of fused-ring (bicyclic) bond motifs is 1. The van der Waals surface area contributed by atoms with Crippen molar-refractivity contribution in [1.29, 1.82) is 0 Å². The Kier molecular flexibility index (Phi) is 4.99. The van der Waals surface area contributed by atoms with Crippen LogP contribution in [0.2, 0.25) is 0 Å². The Balaban J connectivity index is 1.64. The second-order valence-corrected chi connectivity index (χ2v) is 6.34. The van der Waals surface area contributed by atoms with Crippen molar-refractivity contribution >= 4 is 33.4 Å². The number of thiophene rings is 1. The van der Waals surface area contributed by atoms with Crippen molar-refractivity contribution < 1.29 is 14.3 Å². The van der Waals surface area contributed by atoms with E-state index in [1.165, 1.54) is 42.5 Å². The molecule has 3 rings (SSSR count). The number of rotatable bonds is 5. The first kappa shape index (κ1) is 17.6. The molecule has 0 radical (unpaired) electrons. The first-order valence-corrected chi connectivity index (χ1v) is 8.60. The Morgan fingerprint density at radius 1 is 1.19 bits per heavy atom. The molecule has 0 saturated heterocycles. The molecule has 26 heavy (non-hydrogen) atoms. The molecule has 134 valence electrons. The number of nitrogens with one attached hydrogen (secondary N) is 2. The lowest BCUT2D eigenvalue weighted by atomic mass is 10.2. The third-order valence-corrected chi connectivity index (χ3v) is 4.49. The Labute approximate surface area is 151 Å². The van der Waals surface area contributed by atoms with Crippen LogP contribution in [0.25, 0.3) is 10.2 Å². The molecule has 0 aliphatic carbocycles. The summed E-state index contributed by atoms with van der Waals surface area (Å²) in [5.74, 6) is -0.460. The summed E-state index contributed by atoms with van der Waals surface area (Å²) in [6.45, 7) is 1.46. The summed E-state index contributed by atoms with van der Waals surface area (Å²) in [6, 6.07) is 7.73. The first-order valence-electron chi connectivity index (χ1n) is 7.72. The summed E-state index contributed by atoms with van der Waals surface area (Å²) in [5.41, 5.74) is -0.00589. The highest BCUT2D eigenvalue weighted by atomic mass is 32.1. The summed E-state index contributed by atoms with van der Waals surface area (Å²) in [5, 5.41) is 4.38. The van der Waals surface area contributed by atoms with Crippen molar-refractivity contribution in [2.75, 3.05) is 6.54 Å². The number of hydrogen-bond acceptors (Lipinski definition) is 6. The number of benzene rings is 1. The van der Waals surface area contributed by atoms with Gasteiger partial charge in [-0.15, -0.1) is 11.3 Å². The van der Waals surface area contributed by atoms with E-state index in [2.05, 4.69) is 10.3 Å². The van der Waals surface area contributed by atoms with Crippen molar-refractivity contribution in [2.45, 2.75) is 13.5 Å². The summed E-state index contributed by atoms with van der Waals surface area (Å²) in [7, 11) is 0. The smallest absolute Gasteiger partial charge is 0.328 e. The minimum absolute atomic E-state index is 0.0548. The van der Waals surface area contributed by atoms with E-state index in [9.17, 15) is 19.2 Å². The van der Waals surface area contributed by atoms with Gasteiger partial charge in [0.1, 0.15) is 10.4 Å². The number of hydrogen-bond donors (Lipinski definition) is 2. The molecule has 9 heteroatoms. The van der Waals surface area contributed by atoms with Gasteiger partial charge in [-0.25, -0.2) is 4.79 Å². The Bertz CT molecular complexity index is 1080. The van der Waals surface area contributed by atoms with Crippen molar-refractivity contribution in [3.8, 4) is 5.75 Å². The van der Waals surface area contributed by atoms with Gasteiger partial charge in [-0.3, -0.25) is 19.0 Å². The average Bonchev–Trinajstić information content (AvgIpc) is 3.06. The fraction of sp³-hybridized carbons (Fsp3) is 0.176. The highest BCUT2D eigenvalue weighted by Crippen LogP contribution is 2.13. The number of esters is 1. The summed E-state index contributed by atoms with van der Waals surface area (Å²) >= 11 is 1.25.